The molecule has 0 spiro atoms. The van der Waals surface area contributed by atoms with Crippen LogP contribution in [0.3, 0.4) is 0 Å². The molecule has 0 saturated carbocycles. The molecule has 2 aromatic rings. The first kappa shape index (κ1) is 23.5. The highest BCUT2D eigenvalue weighted by Gasteiger charge is 2.24. The Bertz CT molecular complexity index is 959. The van der Waals surface area contributed by atoms with Crippen LogP contribution in [0.2, 0.25) is 0 Å². The predicted molar refractivity (Wildman–Crippen MR) is 116 cm³/mol. The molecule has 0 saturated heterocycles. The Kier molecular flexibility index (Phi) is 8.07. The molecule has 0 aliphatic carbocycles. The molecule has 0 bridgehead atoms. The van der Waals surface area contributed by atoms with E-state index in [4.69, 9.17) is 0 Å². The molecule has 1 aromatic carbocycles. The molecule has 0 radical (unpaired) electrons. The van der Waals surface area contributed by atoms with Gasteiger partial charge >= 0.3 is 5.69 Å². The summed E-state index contributed by atoms with van der Waals surface area (Å²) in [5.41, 5.74) is 0.213. The molecular formula is C19H28N6O4S. The van der Waals surface area contributed by atoms with Gasteiger partial charge in [-0.15, -0.1) is 0 Å². The Hall–Kier alpha value is -2.79. The Balaban J connectivity index is 2.26. The van der Waals surface area contributed by atoms with Crippen molar-refractivity contribution in [2.45, 2.75) is 39.0 Å². The Labute approximate surface area is 176 Å². The predicted octanol–water partition coefficient (Wildman–Crippen LogP) is 3.62. The molecule has 11 heteroatoms. The minimum absolute atomic E-state index is 0.0291. The van der Waals surface area contributed by atoms with E-state index < -0.39 is 14.9 Å². The van der Waals surface area contributed by atoms with E-state index in [1.165, 1.54) is 22.8 Å². The summed E-state index contributed by atoms with van der Waals surface area (Å²) < 4.78 is 26.5. The van der Waals surface area contributed by atoms with E-state index in [0.717, 1.165) is 6.42 Å². The number of hydrogen-bond donors (Lipinski definition) is 2. The zero-order valence-electron chi connectivity index (χ0n) is 17.6. The topological polar surface area (TPSA) is 130 Å². The number of nitro groups is 1. The standard InChI is InChI=1S/C19H28N6O4S/c1-5-24(6-2)30(28,29)16-9-7-15(8-10-16)23-19-17(25(26)27)18(21-13-22-19)20-12-11-14(3)4/h7-10,13-14H,5-6,11-12H2,1-4H3,(H2,20,21,22,23). The van der Waals surface area contributed by atoms with E-state index in [1.54, 1.807) is 26.0 Å². The van der Waals surface area contributed by atoms with Crippen LogP contribution in [0.15, 0.2) is 35.5 Å². The molecule has 0 atom stereocenters. The lowest BCUT2D eigenvalue weighted by Crippen LogP contribution is -2.30. The summed E-state index contributed by atoms with van der Waals surface area (Å²) in [5, 5.41) is 17.5. The van der Waals surface area contributed by atoms with Crippen molar-refractivity contribution in [1.82, 2.24) is 14.3 Å². The highest BCUT2D eigenvalue weighted by Crippen LogP contribution is 2.31. The maximum Gasteiger partial charge on any atom is 0.353 e. The second-order valence-corrected chi connectivity index (χ2v) is 8.96. The third kappa shape index (κ3) is 5.63. The number of nitrogens with zero attached hydrogens (tertiary/aromatic N) is 4. The number of nitrogens with one attached hydrogen (secondary N) is 2. The van der Waals surface area contributed by atoms with Gasteiger partial charge in [0.2, 0.25) is 21.7 Å². The summed E-state index contributed by atoms with van der Waals surface area (Å²) in [4.78, 5) is 19.2. The fourth-order valence-electron chi connectivity index (χ4n) is 2.81. The molecule has 1 aromatic heterocycles. The molecule has 0 aliphatic rings. The van der Waals surface area contributed by atoms with Gasteiger partial charge in [-0.3, -0.25) is 10.1 Å². The van der Waals surface area contributed by atoms with Gasteiger partial charge < -0.3 is 10.6 Å². The summed E-state index contributed by atoms with van der Waals surface area (Å²) in [5.74, 6) is 0.613. The fourth-order valence-corrected chi connectivity index (χ4v) is 4.27. The lowest BCUT2D eigenvalue weighted by Gasteiger charge is -2.18. The van der Waals surface area contributed by atoms with Gasteiger partial charge in [-0.05, 0) is 36.6 Å². The van der Waals surface area contributed by atoms with Crippen LogP contribution in [0, 0.1) is 16.0 Å². The van der Waals surface area contributed by atoms with E-state index in [0.29, 0.717) is 31.2 Å². The third-order valence-electron chi connectivity index (χ3n) is 4.48. The van der Waals surface area contributed by atoms with Crippen molar-refractivity contribution in [3.05, 3.63) is 40.7 Å². The molecule has 0 amide bonds. The number of anilines is 3. The van der Waals surface area contributed by atoms with E-state index in [9.17, 15) is 18.5 Å². The lowest BCUT2D eigenvalue weighted by molar-refractivity contribution is -0.383. The van der Waals surface area contributed by atoms with Gasteiger partial charge in [0, 0.05) is 25.3 Å². The number of rotatable bonds is 11. The molecule has 2 rings (SSSR count). The lowest BCUT2D eigenvalue weighted by atomic mass is 10.1. The van der Waals surface area contributed by atoms with Crippen LogP contribution in [0.25, 0.3) is 0 Å². The second kappa shape index (κ2) is 10.3. The summed E-state index contributed by atoms with van der Waals surface area (Å²) in [7, 11) is -3.57. The molecule has 30 heavy (non-hydrogen) atoms. The number of sulfonamides is 1. The maximum absolute atomic E-state index is 12.6. The maximum atomic E-state index is 12.6. The smallest absolute Gasteiger partial charge is 0.353 e. The van der Waals surface area contributed by atoms with Crippen LogP contribution in [0.1, 0.15) is 34.1 Å². The molecule has 10 nitrogen and oxygen atoms in total. The first-order valence-electron chi connectivity index (χ1n) is 9.81. The van der Waals surface area contributed by atoms with E-state index >= 15 is 0 Å². The van der Waals surface area contributed by atoms with Crippen LogP contribution >= 0.6 is 0 Å². The van der Waals surface area contributed by atoms with Crippen LogP contribution in [-0.2, 0) is 10.0 Å². The van der Waals surface area contributed by atoms with Gasteiger partial charge in [-0.1, -0.05) is 27.7 Å². The Morgan fingerprint density at radius 3 is 2.23 bits per heavy atom. The van der Waals surface area contributed by atoms with Gasteiger partial charge in [0.25, 0.3) is 0 Å². The zero-order chi connectivity index (χ0) is 22.3. The third-order valence-corrected chi connectivity index (χ3v) is 6.54. The van der Waals surface area contributed by atoms with Crippen LogP contribution in [0.5, 0.6) is 0 Å². The van der Waals surface area contributed by atoms with Gasteiger partial charge in [-0.25, -0.2) is 18.4 Å². The van der Waals surface area contributed by atoms with Gasteiger partial charge in [0.05, 0.1) is 9.82 Å². The quantitative estimate of drug-likeness (QED) is 0.403. The van der Waals surface area contributed by atoms with Gasteiger partial charge in [0.1, 0.15) is 6.33 Å². The van der Waals surface area contributed by atoms with Gasteiger partial charge in [0.15, 0.2) is 0 Å². The molecule has 2 N–H and O–H groups in total. The molecule has 1 heterocycles. The van der Waals surface area contributed by atoms with Gasteiger partial charge in [-0.2, -0.15) is 4.31 Å². The van der Waals surface area contributed by atoms with Crippen LogP contribution < -0.4 is 10.6 Å². The van der Waals surface area contributed by atoms with E-state index in [2.05, 4.69) is 34.4 Å². The second-order valence-electron chi connectivity index (χ2n) is 7.02. The first-order chi connectivity index (χ1) is 14.2. The summed E-state index contributed by atoms with van der Waals surface area (Å²) >= 11 is 0. The van der Waals surface area contributed by atoms with Crippen LogP contribution in [0.4, 0.5) is 23.0 Å². The average Bonchev–Trinajstić information content (AvgIpc) is 2.68. The molecule has 0 unspecified atom stereocenters. The van der Waals surface area contributed by atoms with Crippen LogP contribution in [-0.4, -0.2) is 47.2 Å². The van der Waals surface area contributed by atoms with Crippen molar-refractivity contribution < 1.29 is 13.3 Å². The SMILES string of the molecule is CCN(CC)S(=O)(=O)c1ccc(Nc2ncnc(NCCC(C)C)c2[N+](=O)[O-])cc1. The summed E-state index contributed by atoms with van der Waals surface area (Å²) in [6, 6.07) is 6.03. The van der Waals surface area contributed by atoms with Crippen molar-refractivity contribution in [1.29, 1.82) is 0 Å². The molecule has 164 valence electrons. The number of aromatic nitrogens is 2. The Morgan fingerprint density at radius 1 is 1.10 bits per heavy atom. The van der Waals surface area contributed by atoms with E-state index in [1.807, 2.05) is 0 Å². The summed E-state index contributed by atoms with van der Waals surface area (Å²) in [6.45, 7) is 8.97. The van der Waals surface area contributed by atoms with Crippen molar-refractivity contribution in [2.75, 3.05) is 30.3 Å². The van der Waals surface area contributed by atoms with Crippen molar-refractivity contribution in [3.63, 3.8) is 0 Å². The molecule has 0 aliphatic heterocycles. The average molecular weight is 437 g/mol. The largest absolute Gasteiger partial charge is 0.364 e. The fraction of sp³-hybridized carbons (Fsp3) is 0.474. The number of hydrogen-bond acceptors (Lipinski definition) is 8. The minimum Gasteiger partial charge on any atom is -0.364 e. The summed E-state index contributed by atoms with van der Waals surface area (Å²) in [6.07, 6.45) is 2.08. The monoisotopic (exact) mass is 436 g/mol. The van der Waals surface area contributed by atoms with Crippen molar-refractivity contribution in [2.24, 2.45) is 5.92 Å². The molecular weight excluding hydrogens is 408 g/mol. The zero-order valence-corrected chi connectivity index (χ0v) is 18.4. The Morgan fingerprint density at radius 2 is 1.70 bits per heavy atom. The van der Waals surface area contributed by atoms with E-state index in [-0.39, 0.29) is 22.2 Å². The highest BCUT2D eigenvalue weighted by atomic mass is 32.2. The van der Waals surface area contributed by atoms with Crippen molar-refractivity contribution in [3.8, 4) is 0 Å². The van der Waals surface area contributed by atoms with Crippen molar-refractivity contribution >= 4 is 33.0 Å². The first-order valence-corrected chi connectivity index (χ1v) is 11.2. The minimum atomic E-state index is -3.57. The normalized spacial score (nSPS) is 11.7. The number of benzene rings is 1. The highest BCUT2D eigenvalue weighted by molar-refractivity contribution is 7.89. The molecule has 0 fully saturated rings.